The summed E-state index contributed by atoms with van der Waals surface area (Å²) in [6.07, 6.45) is 5.14. The minimum absolute atomic E-state index is 0.593. The van der Waals surface area contributed by atoms with Crippen LogP contribution in [0.5, 0.6) is 0 Å². The molecule has 0 saturated carbocycles. The molecule has 0 aliphatic carbocycles. The second kappa shape index (κ2) is 7.56. The first-order valence-electron chi connectivity index (χ1n) is 9.78. The zero-order chi connectivity index (χ0) is 19.6. The number of piperazine rings is 1. The summed E-state index contributed by atoms with van der Waals surface area (Å²) in [6, 6.07) is 12.5. The number of nitrogens with zero attached hydrogens (tertiary/aromatic N) is 8. The summed E-state index contributed by atoms with van der Waals surface area (Å²) < 4.78 is 1.74. The van der Waals surface area contributed by atoms with E-state index in [-0.39, 0.29) is 0 Å². The maximum Gasteiger partial charge on any atom is 0.252 e. The van der Waals surface area contributed by atoms with E-state index in [1.807, 2.05) is 25.4 Å². The van der Waals surface area contributed by atoms with Crippen molar-refractivity contribution in [2.45, 2.75) is 13.5 Å². The average molecular weight is 386 g/mol. The van der Waals surface area contributed by atoms with E-state index in [0.29, 0.717) is 5.78 Å². The number of hydrogen-bond acceptors (Lipinski definition) is 7. The second-order valence-electron chi connectivity index (χ2n) is 7.22. The van der Waals surface area contributed by atoms with Crippen LogP contribution in [0, 0.1) is 6.92 Å². The molecule has 5 rings (SSSR count). The van der Waals surface area contributed by atoms with E-state index in [0.717, 1.165) is 55.6 Å². The molecule has 8 nitrogen and oxygen atoms in total. The highest BCUT2D eigenvalue weighted by Gasteiger charge is 2.20. The topological polar surface area (TPSA) is 75.3 Å². The highest BCUT2D eigenvalue weighted by atomic mass is 15.3. The molecular formula is C21H22N8. The molecule has 0 unspecified atom stereocenters. The number of rotatable bonds is 4. The predicted octanol–water partition coefficient (Wildman–Crippen LogP) is 2.21. The van der Waals surface area contributed by atoms with Gasteiger partial charge in [-0.15, -0.1) is 0 Å². The van der Waals surface area contributed by atoms with E-state index in [4.69, 9.17) is 4.98 Å². The van der Waals surface area contributed by atoms with Crippen molar-refractivity contribution < 1.29 is 0 Å². The lowest BCUT2D eigenvalue weighted by Crippen LogP contribution is -2.46. The molecule has 4 aromatic rings. The fraction of sp³-hybridized carbons (Fsp3) is 0.286. The minimum Gasteiger partial charge on any atom is -0.338 e. The molecule has 3 aromatic heterocycles. The Morgan fingerprint density at radius 2 is 1.76 bits per heavy atom. The van der Waals surface area contributed by atoms with Crippen molar-refractivity contribution in [3.8, 4) is 11.3 Å². The minimum atomic E-state index is 0.593. The fourth-order valence-electron chi connectivity index (χ4n) is 3.74. The number of fused-ring (bicyclic) bond motifs is 1. The zero-order valence-corrected chi connectivity index (χ0v) is 16.3. The third kappa shape index (κ3) is 3.54. The summed E-state index contributed by atoms with van der Waals surface area (Å²) in [6.45, 7) is 6.80. The van der Waals surface area contributed by atoms with Crippen LogP contribution in [0.25, 0.3) is 17.0 Å². The van der Waals surface area contributed by atoms with Crippen molar-refractivity contribution in [2.24, 2.45) is 0 Å². The quantitative estimate of drug-likeness (QED) is 0.532. The van der Waals surface area contributed by atoms with Gasteiger partial charge >= 0.3 is 0 Å². The SMILES string of the molecule is Cc1c(-c2ccnc(N3CCN(Cc4ccccc4)CC3)n2)cnc2ncnn12. The third-order valence-corrected chi connectivity index (χ3v) is 5.37. The number of aryl methyl sites for hydroxylation is 1. The lowest BCUT2D eigenvalue weighted by atomic mass is 10.2. The molecule has 0 N–H and O–H groups in total. The molecule has 0 amide bonds. The van der Waals surface area contributed by atoms with Crippen LogP contribution >= 0.6 is 0 Å². The molecule has 1 aliphatic heterocycles. The van der Waals surface area contributed by atoms with Gasteiger partial charge in [-0.1, -0.05) is 30.3 Å². The first-order chi connectivity index (χ1) is 14.3. The standard InChI is InChI=1S/C21H22N8/c1-16-18(13-23-20-24-15-25-29(16)20)19-7-8-22-21(26-19)28-11-9-27(10-12-28)14-17-5-3-2-4-6-17/h2-8,13,15H,9-12,14H2,1H3. The van der Waals surface area contributed by atoms with Gasteiger partial charge in [0.05, 0.1) is 11.4 Å². The van der Waals surface area contributed by atoms with Crippen molar-refractivity contribution in [3.63, 3.8) is 0 Å². The fourth-order valence-corrected chi connectivity index (χ4v) is 3.74. The van der Waals surface area contributed by atoms with E-state index in [1.165, 1.54) is 11.9 Å². The van der Waals surface area contributed by atoms with Gasteiger partial charge in [-0.05, 0) is 18.6 Å². The second-order valence-corrected chi connectivity index (χ2v) is 7.22. The van der Waals surface area contributed by atoms with Gasteiger partial charge in [-0.3, -0.25) is 4.90 Å². The molecule has 8 heteroatoms. The molecule has 1 saturated heterocycles. The van der Waals surface area contributed by atoms with E-state index in [1.54, 1.807) is 4.52 Å². The number of hydrogen-bond donors (Lipinski definition) is 0. The molecule has 1 aromatic carbocycles. The molecule has 1 aliphatic rings. The van der Waals surface area contributed by atoms with Gasteiger partial charge < -0.3 is 4.90 Å². The number of anilines is 1. The van der Waals surface area contributed by atoms with Crippen molar-refractivity contribution in [1.82, 2.24) is 34.4 Å². The van der Waals surface area contributed by atoms with Gasteiger partial charge in [0, 0.05) is 50.7 Å². The maximum atomic E-state index is 4.82. The summed E-state index contributed by atoms with van der Waals surface area (Å²) in [4.78, 5) is 22.6. The monoisotopic (exact) mass is 386 g/mol. The predicted molar refractivity (Wildman–Crippen MR) is 110 cm³/mol. The van der Waals surface area contributed by atoms with Crippen molar-refractivity contribution >= 4 is 11.7 Å². The Morgan fingerprint density at radius 3 is 2.59 bits per heavy atom. The molecule has 0 radical (unpaired) electrons. The van der Waals surface area contributed by atoms with Gasteiger partial charge in [-0.25, -0.2) is 19.5 Å². The Hall–Kier alpha value is -3.39. The highest BCUT2D eigenvalue weighted by Crippen LogP contribution is 2.22. The molecule has 1 fully saturated rings. The maximum absolute atomic E-state index is 4.82. The van der Waals surface area contributed by atoms with E-state index in [9.17, 15) is 0 Å². The smallest absolute Gasteiger partial charge is 0.252 e. The van der Waals surface area contributed by atoms with Crippen LogP contribution in [0.3, 0.4) is 0 Å². The van der Waals surface area contributed by atoms with Crippen LogP contribution in [0.4, 0.5) is 5.95 Å². The molecule has 0 spiro atoms. The summed E-state index contributed by atoms with van der Waals surface area (Å²) in [5.41, 5.74) is 4.11. The molecule has 0 bridgehead atoms. The van der Waals surface area contributed by atoms with E-state index < -0.39 is 0 Å². The van der Waals surface area contributed by atoms with E-state index in [2.05, 4.69) is 60.2 Å². The van der Waals surface area contributed by atoms with Crippen LogP contribution in [0.1, 0.15) is 11.3 Å². The molecule has 0 atom stereocenters. The van der Waals surface area contributed by atoms with Crippen LogP contribution in [-0.2, 0) is 6.54 Å². The largest absolute Gasteiger partial charge is 0.338 e. The van der Waals surface area contributed by atoms with Crippen LogP contribution < -0.4 is 4.90 Å². The van der Waals surface area contributed by atoms with Gasteiger partial charge in [0.25, 0.3) is 5.78 Å². The van der Waals surface area contributed by atoms with Crippen molar-refractivity contribution in [3.05, 3.63) is 66.4 Å². The lowest BCUT2D eigenvalue weighted by Gasteiger charge is -2.34. The van der Waals surface area contributed by atoms with Crippen molar-refractivity contribution in [1.29, 1.82) is 0 Å². The Bertz CT molecular complexity index is 1120. The van der Waals surface area contributed by atoms with Gasteiger partial charge in [-0.2, -0.15) is 10.1 Å². The molecule has 29 heavy (non-hydrogen) atoms. The normalized spacial score (nSPS) is 15.1. The highest BCUT2D eigenvalue weighted by molar-refractivity contribution is 5.63. The Balaban J connectivity index is 1.32. The van der Waals surface area contributed by atoms with E-state index >= 15 is 0 Å². The van der Waals surface area contributed by atoms with Crippen molar-refractivity contribution in [2.75, 3.05) is 31.1 Å². The first kappa shape index (κ1) is 17.7. The lowest BCUT2D eigenvalue weighted by molar-refractivity contribution is 0.248. The van der Waals surface area contributed by atoms with Gasteiger partial charge in [0.15, 0.2) is 0 Å². The summed E-state index contributed by atoms with van der Waals surface area (Å²) in [5.74, 6) is 1.36. The Kier molecular flexibility index (Phi) is 4.61. The summed E-state index contributed by atoms with van der Waals surface area (Å²) in [7, 11) is 0. The zero-order valence-electron chi connectivity index (χ0n) is 16.3. The summed E-state index contributed by atoms with van der Waals surface area (Å²) in [5, 5.41) is 4.24. The van der Waals surface area contributed by atoms with Crippen LogP contribution in [0.15, 0.2) is 55.1 Å². The molecule has 4 heterocycles. The van der Waals surface area contributed by atoms with Gasteiger partial charge in [0.1, 0.15) is 6.33 Å². The Labute approximate surface area is 168 Å². The third-order valence-electron chi connectivity index (χ3n) is 5.37. The average Bonchev–Trinajstić information content (AvgIpc) is 3.25. The van der Waals surface area contributed by atoms with Crippen LogP contribution in [-0.4, -0.2) is 60.6 Å². The number of benzene rings is 1. The van der Waals surface area contributed by atoms with Crippen LogP contribution in [0.2, 0.25) is 0 Å². The molecule has 146 valence electrons. The number of aromatic nitrogens is 6. The molecular weight excluding hydrogens is 364 g/mol. The first-order valence-corrected chi connectivity index (χ1v) is 9.78. The Morgan fingerprint density at radius 1 is 0.931 bits per heavy atom. The van der Waals surface area contributed by atoms with Gasteiger partial charge in [0.2, 0.25) is 5.95 Å². The summed E-state index contributed by atoms with van der Waals surface area (Å²) >= 11 is 0.